The van der Waals surface area contributed by atoms with E-state index in [-0.39, 0.29) is 30.8 Å². The summed E-state index contributed by atoms with van der Waals surface area (Å²) in [5.74, 6) is 1.31. The number of carbonyl (C=O) groups excluding carboxylic acids is 1. The number of likely N-dealkylation sites (tertiary alicyclic amines) is 1. The largest absolute Gasteiger partial charge is 0.454 e. The number of piperidine rings is 1. The number of ether oxygens (including phenoxy) is 2. The number of hydrogen-bond acceptors (Lipinski definition) is 6. The minimum atomic E-state index is -4.41. The molecule has 174 valence electrons. The molecule has 3 heterocycles. The summed E-state index contributed by atoms with van der Waals surface area (Å²) in [4.78, 5) is 14.4. The van der Waals surface area contributed by atoms with Crippen LogP contribution in [0.1, 0.15) is 30.0 Å². The second-order valence-electron chi connectivity index (χ2n) is 8.21. The molecule has 1 fully saturated rings. The van der Waals surface area contributed by atoms with Crippen LogP contribution in [0.3, 0.4) is 0 Å². The van der Waals surface area contributed by atoms with Gasteiger partial charge in [-0.15, -0.1) is 5.10 Å². The summed E-state index contributed by atoms with van der Waals surface area (Å²) >= 11 is 0. The summed E-state index contributed by atoms with van der Waals surface area (Å²) in [6.07, 6.45) is -2.95. The SMILES string of the molecule is O=C(CN1CCC(n2nnc3cc(C(F)(F)F)ccc32)CC1)NCc1ccc2c(c1)OCO2. The van der Waals surface area contributed by atoms with Crippen LogP contribution < -0.4 is 14.8 Å². The molecule has 0 atom stereocenters. The number of alkyl halides is 3. The Morgan fingerprint density at radius 3 is 2.67 bits per heavy atom. The number of nitrogens with one attached hydrogen (secondary N) is 1. The summed E-state index contributed by atoms with van der Waals surface area (Å²) < 4.78 is 51.1. The minimum absolute atomic E-state index is 0.0275. The molecule has 1 amide bonds. The molecule has 3 aromatic rings. The average molecular weight is 461 g/mol. The maximum Gasteiger partial charge on any atom is 0.416 e. The van der Waals surface area contributed by atoms with Crippen LogP contribution in [0.4, 0.5) is 13.2 Å². The highest BCUT2D eigenvalue weighted by Crippen LogP contribution is 2.33. The van der Waals surface area contributed by atoms with Gasteiger partial charge < -0.3 is 14.8 Å². The van der Waals surface area contributed by atoms with E-state index in [0.29, 0.717) is 36.6 Å². The lowest BCUT2D eigenvalue weighted by atomic mass is 10.0. The van der Waals surface area contributed by atoms with Crippen molar-refractivity contribution >= 4 is 16.9 Å². The van der Waals surface area contributed by atoms with Gasteiger partial charge in [0, 0.05) is 19.6 Å². The van der Waals surface area contributed by atoms with Crippen LogP contribution in [0.15, 0.2) is 36.4 Å². The van der Waals surface area contributed by atoms with Crippen LogP contribution in [0.25, 0.3) is 11.0 Å². The quantitative estimate of drug-likeness (QED) is 0.629. The predicted octanol–water partition coefficient (Wildman–Crippen LogP) is 3.13. The van der Waals surface area contributed by atoms with Crippen LogP contribution in [0.5, 0.6) is 11.5 Å². The van der Waals surface area contributed by atoms with Gasteiger partial charge in [0.15, 0.2) is 11.5 Å². The molecule has 2 aliphatic heterocycles. The molecule has 0 unspecified atom stereocenters. The van der Waals surface area contributed by atoms with Crippen molar-refractivity contribution in [3.8, 4) is 11.5 Å². The first kappa shape index (κ1) is 21.5. The van der Waals surface area contributed by atoms with Crippen LogP contribution in [-0.4, -0.2) is 52.2 Å². The lowest BCUT2D eigenvalue weighted by Crippen LogP contribution is -2.41. The number of amides is 1. The van der Waals surface area contributed by atoms with Crippen molar-refractivity contribution in [2.45, 2.75) is 31.6 Å². The zero-order chi connectivity index (χ0) is 23.0. The minimum Gasteiger partial charge on any atom is -0.454 e. The predicted molar refractivity (Wildman–Crippen MR) is 112 cm³/mol. The number of benzene rings is 2. The second kappa shape index (κ2) is 8.54. The van der Waals surface area contributed by atoms with Crippen LogP contribution >= 0.6 is 0 Å². The maximum absolute atomic E-state index is 12.9. The lowest BCUT2D eigenvalue weighted by molar-refractivity contribution is -0.137. The molecule has 0 spiro atoms. The highest BCUT2D eigenvalue weighted by Gasteiger charge is 2.31. The van der Waals surface area contributed by atoms with Crippen molar-refractivity contribution in [2.75, 3.05) is 26.4 Å². The molecule has 1 N–H and O–H groups in total. The number of fused-ring (bicyclic) bond motifs is 2. The van der Waals surface area contributed by atoms with E-state index >= 15 is 0 Å². The number of carbonyl (C=O) groups is 1. The molecule has 0 saturated carbocycles. The number of aromatic nitrogens is 3. The van der Waals surface area contributed by atoms with Crippen LogP contribution in [-0.2, 0) is 17.5 Å². The van der Waals surface area contributed by atoms with Gasteiger partial charge in [0.25, 0.3) is 0 Å². The summed E-state index contributed by atoms with van der Waals surface area (Å²) in [6, 6.07) is 9.11. The van der Waals surface area contributed by atoms with E-state index in [1.165, 1.54) is 6.07 Å². The Morgan fingerprint density at radius 2 is 1.88 bits per heavy atom. The Bertz CT molecular complexity index is 1170. The van der Waals surface area contributed by atoms with Gasteiger partial charge in [-0.3, -0.25) is 9.69 Å². The van der Waals surface area contributed by atoms with Crippen LogP contribution in [0.2, 0.25) is 0 Å². The molecule has 5 rings (SSSR count). The summed E-state index contributed by atoms with van der Waals surface area (Å²) in [5, 5.41) is 10.9. The lowest BCUT2D eigenvalue weighted by Gasteiger charge is -2.31. The molecule has 8 nitrogen and oxygen atoms in total. The highest BCUT2D eigenvalue weighted by molar-refractivity contribution is 5.78. The second-order valence-corrected chi connectivity index (χ2v) is 8.21. The fraction of sp³-hybridized carbons (Fsp3) is 0.409. The molecule has 1 saturated heterocycles. The monoisotopic (exact) mass is 461 g/mol. The van der Waals surface area contributed by atoms with E-state index in [4.69, 9.17) is 9.47 Å². The van der Waals surface area contributed by atoms with Crippen molar-refractivity contribution in [1.82, 2.24) is 25.2 Å². The van der Waals surface area contributed by atoms with E-state index in [2.05, 4.69) is 20.5 Å². The Labute approximate surface area is 187 Å². The molecule has 2 aromatic carbocycles. The number of nitrogens with zero attached hydrogens (tertiary/aromatic N) is 4. The van der Waals surface area contributed by atoms with E-state index in [9.17, 15) is 18.0 Å². The molecule has 11 heteroatoms. The topological polar surface area (TPSA) is 81.5 Å². The summed E-state index contributed by atoms with van der Waals surface area (Å²) in [7, 11) is 0. The van der Waals surface area contributed by atoms with Gasteiger partial charge in [-0.1, -0.05) is 11.3 Å². The molecule has 2 aliphatic rings. The molecule has 0 bridgehead atoms. The Kier molecular flexibility index (Phi) is 5.57. The smallest absolute Gasteiger partial charge is 0.416 e. The number of rotatable bonds is 5. The third-order valence-corrected chi connectivity index (χ3v) is 6.00. The third kappa shape index (κ3) is 4.58. The van der Waals surface area contributed by atoms with E-state index in [1.54, 1.807) is 4.68 Å². The Balaban J connectivity index is 1.13. The van der Waals surface area contributed by atoms with Gasteiger partial charge in [-0.25, -0.2) is 4.68 Å². The van der Waals surface area contributed by atoms with Crippen molar-refractivity contribution in [3.63, 3.8) is 0 Å². The van der Waals surface area contributed by atoms with Gasteiger partial charge in [0.05, 0.1) is 23.7 Å². The maximum atomic E-state index is 12.9. The van der Waals surface area contributed by atoms with Crippen molar-refractivity contribution < 1.29 is 27.4 Å². The van der Waals surface area contributed by atoms with Gasteiger partial charge in [0.1, 0.15) is 5.52 Å². The molecule has 33 heavy (non-hydrogen) atoms. The van der Waals surface area contributed by atoms with Crippen molar-refractivity contribution in [3.05, 3.63) is 47.5 Å². The van der Waals surface area contributed by atoms with Gasteiger partial charge in [-0.05, 0) is 48.7 Å². The summed E-state index contributed by atoms with van der Waals surface area (Å²) in [5.41, 5.74) is 1.01. The molecular formula is C22H22F3N5O3. The van der Waals surface area contributed by atoms with Crippen LogP contribution in [0, 0.1) is 0 Å². The number of hydrogen-bond donors (Lipinski definition) is 1. The Morgan fingerprint density at radius 1 is 1.09 bits per heavy atom. The average Bonchev–Trinajstić information content (AvgIpc) is 3.44. The third-order valence-electron chi connectivity index (χ3n) is 6.00. The zero-order valence-electron chi connectivity index (χ0n) is 17.6. The fourth-order valence-corrected chi connectivity index (χ4v) is 4.22. The normalized spacial score (nSPS) is 16.9. The first-order chi connectivity index (χ1) is 15.9. The number of halogens is 3. The van der Waals surface area contributed by atoms with E-state index in [0.717, 1.165) is 30.5 Å². The molecule has 1 aromatic heterocycles. The molecule has 0 aliphatic carbocycles. The standard InChI is InChI=1S/C22H22F3N5O3/c23-22(24,25)15-2-3-18-17(10-15)27-28-30(18)16-5-7-29(8-6-16)12-21(31)26-11-14-1-4-19-20(9-14)33-13-32-19/h1-4,9-10,16H,5-8,11-13H2,(H,26,31). The first-order valence-corrected chi connectivity index (χ1v) is 10.7. The zero-order valence-corrected chi connectivity index (χ0v) is 17.6. The van der Waals surface area contributed by atoms with Crippen molar-refractivity contribution in [2.24, 2.45) is 0 Å². The van der Waals surface area contributed by atoms with E-state index < -0.39 is 11.7 Å². The van der Waals surface area contributed by atoms with Gasteiger partial charge in [0.2, 0.25) is 12.7 Å². The summed E-state index contributed by atoms with van der Waals surface area (Å²) in [6.45, 7) is 2.26. The highest BCUT2D eigenvalue weighted by atomic mass is 19.4. The van der Waals surface area contributed by atoms with Crippen molar-refractivity contribution in [1.29, 1.82) is 0 Å². The molecular weight excluding hydrogens is 439 g/mol. The first-order valence-electron chi connectivity index (χ1n) is 10.7. The molecule has 0 radical (unpaired) electrons. The van der Waals surface area contributed by atoms with Gasteiger partial charge in [-0.2, -0.15) is 13.2 Å². The Hall–Kier alpha value is -3.34. The fourth-order valence-electron chi connectivity index (χ4n) is 4.22. The van der Waals surface area contributed by atoms with E-state index in [1.807, 2.05) is 18.2 Å². The van der Waals surface area contributed by atoms with Gasteiger partial charge >= 0.3 is 6.18 Å².